The van der Waals surface area contributed by atoms with Crippen LogP contribution in [0, 0.1) is 6.92 Å². The van der Waals surface area contributed by atoms with Crippen LogP contribution in [0.15, 0.2) is 65.5 Å². The van der Waals surface area contributed by atoms with Gasteiger partial charge in [0.15, 0.2) is 0 Å². The van der Waals surface area contributed by atoms with Gasteiger partial charge in [0.2, 0.25) is 5.76 Å². The van der Waals surface area contributed by atoms with Crippen LogP contribution in [0.3, 0.4) is 0 Å². The number of aromatic nitrogens is 4. The van der Waals surface area contributed by atoms with Crippen LogP contribution < -0.4 is 5.32 Å². The van der Waals surface area contributed by atoms with Crippen molar-refractivity contribution in [2.75, 3.05) is 12.4 Å². The minimum atomic E-state index is -0.541. The van der Waals surface area contributed by atoms with E-state index in [1.54, 1.807) is 40.1 Å². The lowest BCUT2D eigenvalue weighted by molar-refractivity contribution is 0.0562. The molecule has 0 unspecified atom stereocenters. The van der Waals surface area contributed by atoms with E-state index in [-0.39, 0.29) is 11.7 Å². The maximum Gasteiger partial charge on any atom is 0.373 e. The first-order chi connectivity index (χ1) is 14.5. The van der Waals surface area contributed by atoms with Crippen LogP contribution in [0.5, 0.6) is 0 Å². The van der Waals surface area contributed by atoms with Gasteiger partial charge in [0.25, 0.3) is 5.91 Å². The Bertz CT molecular complexity index is 1190. The number of nitrogens with zero attached hydrogens (tertiary/aromatic N) is 4. The molecule has 152 valence electrons. The van der Waals surface area contributed by atoms with Gasteiger partial charge < -0.3 is 14.5 Å². The molecule has 4 aromatic rings. The van der Waals surface area contributed by atoms with Gasteiger partial charge in [0.1, 0.15) is 5.76 Å². The molecule has 0 spiro atoms. The minimum absolute atomic E-state index is 0.124. The summed E-state index contributed by atoms with van der Waals surface area (Å²) in [5, 5.41) is 11.4. The summed E-state index contributed by atoms with van der Waals surface area (Å²) in [5.74, 6) is -0.156. The molecule has 0 saturated carbocycles. The largest absolute Gasteiger partial charge is 0.463 e. The number of nitrogens with one attached hydrogen (secondary N) is 1. The van der Waals surface area contributed by atoms with Crippen LogP contribution in [0.4, 0.5) is 5.69 Å². The smallest absolute Gasteiger partial charge is 0.373 e. The van der Waals surface area contributed by atoms with E-state index in [2.05, 4.69) is 20.3 Å². The molecule has 9 nitrogen and oxygen atoms in total. The second-order valence-corrected chi connectivity index (χ2v) is 6.53. The summed E-state index contributed by atoms with van der Waals surface area (Å²) in [4.78, 5) is 24.2. The van der Waals surface area contributed by atoms with Gasteiger partial charge in [-0.3, -0.25) is 9.48 Å². The summed E-state index contributed by atoms with van der Waals surface area (Å²) in [6.07, 6.45) is 4.76. The van der Waals surface area contributed by atoms with Gasteiger partial charge >= 0.3 is 5.97 Å². The van der Waals surface area contributed by atoms with Crippen molar-refractivity contribution in [2.45, 2.75) is 13.5 Å². The molecule has 0 aliphatic carbocycles. The molecule has 0 saturated heterocycles. The molecular formula is C21H19N5O4. The van der Waals surface area contributed by atoms with Crippen molar-refractivity contribution in [1.29, 1.82) is 0 Å². The number of hydrogen-bond acceptors (Lipinski definition) is 6. The number of anilines is 1. The Morgan fingerprint density at radius 1 is 1.10 bits per heavy atom. The third kappa shape index (κ3) is 3.86. The van der Waals surface area contributed by atoms with Crippen LogP contribution >= 0.6 is 0 Å². The van der Waals surface area contributed by atoms with Crippen LogP contribution in [-0.4, -0.2) is 38.5 Å². The number of para-hydroxylation sites is 1. The molecular weight excluding hydrogens is 386 g/mol. The third-order valence-corrected chi connectivity index (χ3v) is 4.51. The summed E-state index contributed by atoms with van der Waals surface area (Å²) in [5.41, 5.74) is 2.62. The topological polar surface area (TPSA) is 104 Å². The van der Waals surface area contributed by atoms with Crippen LogP contribution in [0.1, 0.15) is 32.4 Å². The van der Waals surface area contributed by atoms with Gasteiger partial charge in [-0.05, 0) is 31.2 Å². The van der Waals surface area contributed by atoms with Crippen LogP contribution in [0.2, 0.25) is 0 Å². The number of carbonyl (C=O) groups is 2. The molecule has 3 aromatic heterocycles. The molecule has 3 heterocycles. The van der Waals surface area contributed by atoms with Gasteiger partial charge in [0, 0.05) is 6.20 Å². The first kappa shape index (κ1) is 19.2. The summed E-state index contributed by atoms with van der Waals surface area (Å²) in [7, 11) is 1.29. The van der Waals surface area contributed by atoms with E-state index < -0.39 is 5.97 Å². The zero-order valence-corrected chi connectivity index (χ0v) is 16.4. The molecule has 1 aromatic carbocycles. The Morgan fingerprint density at radius 2 is 1.90 bits per heavy atom. The molecule has 0 aliphatic rings. The average molecular weight is 405 g/mol. The molecule has 0 fully saturated rings. The van der Waals surface area contributed by atoms with Crippen molar-refractivity contribution >= 4 is 17.6 Å². The highest BCUT2D eigenvalue weighted by Gasteiger charge is 2.16. The van der Waals surface area contributed by atoms with Crippen LogP contribution in [-0.2, 0) is 11.3 Å². The fraction of sp³-hybridized carbons (Fsp3) is 0.143. The standard InChI is InChI=1S/C21H19N5O4/c1-14-18(11-23-26(14)16-6-4-3-5-7-16)20(27)24-15-10-22-25(12-15)13-17-8-9-19(30-17)21(28)29-2/h3-12H,13H2,1-2H3,(H,24,27). The fourth-order valence-corrected chi connectivity index (χ4v) is 3.01. The van der Waals surface area contributed by atoms with Gasteiger partial charge in [0.05, 0.1) is 48.7 Å². The number of amides is 1. The first-order valence-electron chi connectivity index (χ1n) is 9.16. The predicted octanol–water partition coefficient (Wildman–Crippen LogP) is 3.06. The highest BCUT2D eigenvalue weighted by molar-refractivity contribution is 6.04. The SMILES string of the molecule is COC(=O)c1ccc(Cn2cc(NC(=O)c3cnn(-c4ccccc4)c3C)cn2)o1. The summed E-state index contributed by atoms with van der Waals surface area (Å²) in [6.45, 7) is 2.14. The number of methoxy groups -OCH3 is 1. The molecule has 1 N–H and O–H groups in total. The molecule has 30 heavy (non-hydrogen) atoms. The number of benzene rings is 1. The zero-order chi connectivity index (χ0) is 21.1. The molecule has 0 bridgehead atoms. The Hall–Kier alpha value is -4.14. The maximum atomic E-state index is 12.7. The number of esters is 1. The van der Waals surface area contributed by atoms with E-state index in [1.807, 2.05) is 37.3 Å². The second-order valence-electron chi connectivity index (χ2n) is 6.53. The summed E-state index contributed by atoms with van der Waals surface area (Å²) >= 11 is 0. The number of hydrogen-bond donors (Lipinski definition) is 1. The van der Waals surface area contributed by atoms with E-state index in [0.29, 0.717) is 23.6 Å². The van der Waals surface area contributed by atoms with E-state index in [4.69, 9.17) is 4.42 Å². The highest BCUT2D eigenvalue weighted by Crippen LogP contribution is 2.17. The normalized spacial score (nSPS) is 10.7. The molecule has 0 atom stereocenters. The van der Waals surface area contributed by atoms with Crippen molar-refractivity contribution in [1.82, 2.24) is 19.6 Å². The Balaban J connectivity index is 1.44. The van der Waals surface area contributed by atoms with E-state index >= 15 is 0 Å². The molecule has 4 rings (SSSR count). The maximum absolute atomic E-state index is 12.7. The Morgan fingerprint density at radius 3 is 2.67 bits per heavy atom. The zero-order valence-electron chi connectivity index (χ0n) is 16.4. The van der Waals surface area contributed by atoms with E-state index in [1.165, 1.54) is 7.11 Å². The molecule has 9 heteroatoms. The molecule has 0 radical (unpaired) electrons. The quantitative estimate of drug-likeness (QED) is 0.495. The predicted molar refractivity (Wildman–Crippen MR) is 108 cm³/mol. The summed E-state index contributed by atoms with van der Waals surface area (Å²) in [6, 6.07) is 12.8. The lowest BCUT2D eigenvalue weighted by Crippen LogP contribution is -2.12. The van der Waals surface area contributed by atoms with Crippen molar-refractivity contribution in [2.24, 2.45) is 0 Å². The van der Waals surface area contributed by atoms with Gasteiger partial charge in [-0.15, -0.1) is 0 Å². The second kappa shape index (κ2) is 8.08. The van der Waals surface area contributed by atoms with E-state index in [0.717, 1.165) is 11.4 Å². The number of furan rings is 1. The lowest BCUT2D eigenvalue weighted by Gasteiger charge is -2.05. The van der Waals surface area contributed by atoms with Crippen molar-refractivity contribution in [3.05, 3.63) is 83.8 Å². The number of ether oxygens (including phenoxy) is 1. The molecule has 1 amide bonds. The van der Waals surface area contributed by atoms with E-state index in [9.17, 15) is 9.59 Å². The van der Waals surface area contributed by atoms with Crippen molar-refractivity contribution in [3.63, 3.8) is 0 Å². The molecule has 0 aliphatic heterocycles. The van der Waals surface area contributed by atoms with Gasteiger partial charge in [-0.25, -0.2) is 9.48 Å². The van der Waals surface area contributed by atoms with Crippen LogP contribution in [0.25, 0.3) is 5.69 Å². The Labute approximate surface area is 171 Å². The van der Waals surface area contributed by atoms with Crippen molar-refractivity contribution in [3.8, 4) is 5.69 Å². The average Bonchev–Trinajstić information content (AvgIpc) is 3.49. The highest BCUT2D eigenvalue weighted by atomic mass is 16.5. The summed E-state index contributed by atoms with van der Waals surface area (Å²) < 4.78 is 13.4. The van der Waals surface area contributed by atoms with Gasteiger partial charge in [-0.2, -0.15) is 10.2 Å². The van der Waals surface area contributed by atoms with Crippen molar-refractivity contribution < 1.29 is 18.7 Å². The first-order valence-corrected chi connectivity index (χ1v) is 9.16. The third-order valence-electron chi connectivity index (χ3n) is 4.51. The minimum Gasteiger partial charge on any atom is -0.463 e. The monoisotopic (exact) mass is 405 g/mol. The number of rotatable bonds is 6. The fourth-order valence-electron chi connectivity index (χ4n) is 3.01. The lowest BCUT2D eigenvalue weighted by atomic mass is 10.2. The number of carbonyl (C=O) groups excluding carboxylic acids is 2. The Kier molecular flexibility index (Phi) is 5.17. The van der Waals surface area contributed by atoms with Gasteiger partial charge in [-0.1, -0.05) is 18.2 Å².